The van der Waals surface area contributed by atoms with Gasteiger partial charge in [0.05, 0.1) is 17.7 Å². The summed E-state index contributed by atoms with van der Waals surface area (Å²) in [7, 11) is 0. The van der Waals surface area contributed by atoms with Crippen LogP contribution < -0.4 is 15.4 Å². The maximum Gasteiger partial charge on any atom is 0.270 e. The van der Waals surface area contributed by atoms with Gasteiger partial charge in [0, 0.05) is 44.0 Å². The number of thioether (sulfide) groups is 1. The lowest BCUT2D eigenvalue weighted by Gasteiger charge is -2.39. The first-order valence-corrected chi connectivity index (χ1v) is 14.8. The number of piperazine rings is 1. The zero-order chi connectivity index (χ0) is 29.1. The maximum atomic E-state index is 13.6. The molecule has 0 spiro atoms. The molecule has 4 heterocycles. The average Bonchev–Trinajstić information content (AvgIpc) is 3.58. The Morgan fingerprint density at radius 3 is 2.46 bits per heavy atom. The molecule has 0 unspecified atom stereocenters. The standard InChI is InChI=1S/C30H30FN5O3S2/c1-3-4-11-35-27(34-14-12-33(13-15-34)22-9-7-21(31)8-10-22)24(20(2)25(18-32)28(35)37)17-26-29(38)36(30(40)41-26)19-23-6-5-16-39-23/h5-10,16-17H,3-4,11-15,19H2,1-2H3. The summed E-state index contributed by atoms with van der Waals surface area (Å²) in [6.07, 6.45) is 4.97. The van der Waals surface area contributed by atoms with Gasteiger partial charge in [-0.15, -0.1) is 0 Å². The molecule has 41 heavy (non-hydrogen) atoms. The highest BCUT2D eigenvalue weighted by Crippen LogP contribution is 2.37. The zero-order valence-electron chi connectivity index (χ0n) is 22.9. The van der Waals surface area contributed by atoms with Gasteiger partial charge in [-0.3, -0.25) is 19.1 Å². The Balaban J connectivity index is 1.54. The van der Waals surface area contributed by atoms with Crippen molar-refractivity contribution < 1.29 is 13.6 Å². The highest BCUT2D eigenvalue weighted by Gasteiger charge is 2.34. The summed E-state index contributed by atoms with van der Waals surface area (Å²) in [4.78, 5) is 33.3. The third kappa shape index (κ3) is 5.80. The largest absolute Gasteiger partial charge is 0.467 e. The van der Waals surface area contributed by atoms with E-state index in [0.29, 0.717) is 64.7 Å². The fourth-order valence-electron chi connectivity index (χ4n) is 5.16. The number of rotatable bonds is 8. The highest BCUT2D eigenvalue weighted by molar-refractivity contribution is 8.26. The van der Waals surface area contributed by atoms with Crippen LogP contribution in [0.2, 0.25) is 0 Å². The van der Waals surface area contributed by atoms with E-state index in [-0.39, 0.29) is 29.4 Å². The number of hydrogen-bond acceptors (Lipinski definition) is 8. The molecular formula is C30H30FN5O3S2. The number of pyridine rings is 1. The van der Waals surface area contributed by atoms with Gasteiger partial charge in [-0.2, -0.15) is 5.26 Å². The summed E-state index contributed by atoms with van der Waals surface area (Å²) in [6.45, 7) is 7.04. The van der Waals surface area contributed by atoms with E-state index in [0.717, 1.165) is 18.5 Å². The Hall–Kier alpha value is -3.88. The number of amides is 1. The van der Waals surface area contributed by atoms with Crippen molar-refractivity contribution in [3.05, 3.63) is 86.2 Å². The topological polar surface area (TPSA) is 85.7 Å². The van der Waals surface area contributed by atoms with Crippen molar-refractivity contribution in [2.45, 2.75) is 39.8 Å². The van der Waals surface area contributed by atoms with Crippen molar-refractivity contribution in [2.75, 3.05) is 36.0 Å². The molecule has 2 aliphatic heterocycles. The lowest BCUT2D eigenvalue weighted by Crippen LogP contribution is -2.48. The number of nitriles is 1. The van der Waals surface area contributed by atoms with E-state index >= 15 is 0 Å². The van der Waals surface area contributed by atoms with Crippen LogP contribution >= 0.6 is 24.0 Å². The monoisotopic (exact) mass is 591 g/mol. The Labute approximate surface area is 247 Å². The van der Waals surface area contributed by atoms with Crippen LogP contribution in [-0.4, -0.2) is 45.9 Å². The molecule has 8 nitrogen and oxygen atoms in total. The first-order valence-electron chi connectivity index (χ1n) is 13.5. The molecule has 0 N–H and O–H groups in total. The summed E-state index contributed by atoms with van der Waals surface area (Å²) in [6, 6.07) is 12.1. The van der Waals surface area contributed by atoms with Gasteiger partial charge in [-0.25, -0.2) is 4.39 Å². The summed E-state index contributed by atoms with van der Waals surface area (Å²) in [5.74, 6) is 0.806. The lowest BCUT2D eigenvalue weighted by molar-refractivity contribution is -0.122. The average molecular weight is 592 g/mol. The first kappa shape index (κ1) is 28.6. The molecule has 5 rings (SSSR count). The molecule has 2 fully saturated rings. The summed E-state index contributed by atoms with van der Waals surface area (Å²) < 4.78 is 21.0. The third-order valence-corrected chi connectivity index (χ3v) is 8.77. The highest BCUT2D eigenvalue weighted by atomic mass is 32.2. The van der Waals surface area contributed by atoms with Crippen molar-refractivity contribution in [3.8, 4) is 6.07 Å². The fourth-order valence-corrected chi connectivity index (χ4v) is 6.40. The number of anilines is 2. The van der Waals surface area contributed by atoms with Gasteiger partial charge in [0.15, 0.2) is 0 Å². The number of furan rings is 1. The summed E-state index contributed by atoms with van der Waals surface area (Å²) in [5, 5.41) is 9.95. The predicted octanol–water partition coefficient (Wildman–Crippen LogP) is 5.29. The van der Waals surface area contributed by atoms with Crippen LogP contribution in [0.4, 0.5) is 15.9 Å². The number of hydrogen-bond donors (Lipinski definition) is 0. The number of carbonyl (C=O) groups is 1. The van der Waals surface area contributed by atoms with Gasteiger partial charge in [-0.1, -0.05) is 37.3 Å². The SMILES string of the molecule is CCCCn1c(N2CCN(c3ccc(F)cc3)CC2)c(C=C2SC(=S)N(Cc3ccco3)C2=O)c(C)c(C#N)c1=O. The minimum absolute atomic E-state index is 0.0760. The molecule has 1 aromatic carbocycles. The normalized spacial score (nSPS) is 16.6. The Morgan fingerprint density at radius 1 is 1.12 bits per heavy atom. The number of nitrogens with zero attached hydrogens (tertiary/aromatic N) is 5. The molecule has 3 aromatic rings. The van der Waals surface area contributed by atoms with Crippen molar-refractivity contribution >= 4 is 51.8 Å². The lowest BCUT2D eigenvalue weighted by atomic mass is 10.0. The van der Waals surface area contributed by atoms with Gasteiger partial charge in [0.25, 0.3) is 11.5 Å². The summed E-state index contributed by atoms with van der Waals surface area (Å²) >= 11 is 6.74. The number of unbranched alkanes of at least 4 members (excludes halogenated alkanes) is 1. The number of benzene rings is 1. The molecule has 0 aliphatic carbocycles. The molecule has 1 amide bonds. The van der Waals surface area contributed by atoms with E-state index in [1.807, 2.05) is 0 Å². The van der Waals surface area contributed by atoms with E-state index in [1.54, 1.807) is 48.1 Å². The number of carbonyl (C=O) groups excluding carboxylic acids is 1. The van der Waals surface area contributed by atoms with Crippen molar-refractivity contribution in [1.82, 2.24) is 9.47 Å². The molecule has 11 heteroatoms. The summed E-state index contributed by atoms with van der Waals surface area (Å²) in [5.41, 5.74) is 1.90. The fraction of sp³-hybridized carbons (Fsp3) is 0.333. The first-order chi connectivity index (χ1) is 19.8. The number of halogens is 1. The van der Waals surface area contributed by atoms with Crippen molar-refractivity contribution in [3.63, 3.8) is 0 Å². The molecule has 0 atom stereocenters. The second kappa shape index (κ2) is 12.3. The van der Waals surface area contributed by atoms with Gasteiger partial charge in [0.2, 0.25) is 0 Å². The van der Waals surface area contributed by atoms with Crippen LogP contribution in [0.5, 0.6) is 0 Å². The maximum absolute atomic E-state index is 13.6. The molecule has 212 valence electrons. The Bertz CT molecular complexity index is 1580. The number of thiocarbonyl (C=S) groups is 1. The van der Waals surface area contributed by atoms with Crippen molar-refractivity contribution in [1.29, 1.82) is 5.26 Å². The molecule has 0 saturated carbocycles. The van der Waals surface area contributed by atoms with E-state index in [1.165, 1.54) is 28.8 Å². The third-order valence-electron chi connectivity index (χ3n) is 7.40. The molecule has 0 radical (unpaired) electrons. The minimum atomic E-state index is -0.322. The van der Waals surface area contributed by atoms with E-state index < -0.39 is 0 Å². The van der Waals surface area contributed by atoms with Crippen LogP contribution in [0.25, 0.3) is 6.08 Å². The van der Waals surface area contributed by atoms with Gasteiger partial charge < -0.3 is 14.2 Å². The van der Waals surface area contributed by atoms with Crippen LogP contribution in [0.1, 0.15) is 42.2 Å². The predicted molar refractivity (Wildman–Crippen MR) is 163 cm³/mol. The minimum Gasteiger partial charge on any atom is -0.467 e. The molecular weight excluding hydrogens is 561 g/mol. The smallest absolute Gasteiger partial charge is 0.270 e. The quantitative estimate of drug-likeness (QED) is 0.258. The van der Waals surface area contributed by atoms with E-state index in [2.05, 4.69) is 22.8 Å². The molecule has 0 bridgehead atoms. The van der Waals surface area contributed by atoms with Gasteiger partial charge in [0.1, 0.15) is 33.3 Å². The molecule has 2 aliphatic rings. The zero-order valence-corrected chi connectivity index (χ0v) is 24.6. The van der Waals surface area contributed by atoms with E-state index in [4.69, 9.17) is 16.6 Å². The Morgan fingerprint density at radius 2 is 1.83 bits per heavy atom. The van der Waals surface area contributed by atoms with Crippen LogP contribution in [0, 0.1) is 24.1 Å². The second-order valence-corrected chi connectivity index (χ2v) is 11.6. The van der Waals surface area contributed by atoms with Gasteiger partial charge in [-0.05, 0) is 61.4 Å². The second-order valence-electron chi connectivity index (χ2n) is 9.96. The van der Waals surface area contributed by atoms with E-state index in [9.17, 15) is 19.2 Å². The van der Waals surface area contributed by atoms with Crippen molar-refractivity contribution in [2.24, 2.45) is 0 Å². The van der Waals surface area contributed by atoms with Gasteiger partial charge >= 0.3 is 0 Å². The molecule has 2 saturated heterocycles. The van der Waals surface area contributed by atoms with Crippen LogP contribution in [0.15, 0.2) is 56.8 Å². The Kier molecular flexibility index (Phi) is 8.61. The van der Waals surface area contributed by atoms with Crippen LogP contribution in [0.3, 0.4) is 0 Å². The number of aromatic nitrogens is 1. The molecule has 2 aromatic heterocycles. The van der Waals surface area contributed by atoms with Crippen LogP contribution in [-0.2, 0) is 17.9 Å².